The summed E-state index contributed by atoms with van der Waals surface area (Å²) in [5, 5.41) is 0. The molecule has 1 rings (SSSR count). The Hall–Kier alpha value is -1.77. The zero-order valence-corrected chi connectivity index (χ0v) is 11.1. The van der Waals surface area contributed by atoms with Gasteiger partial charge in [-0.05, 0) is 20.8 Å². The number of hydrogen-bond donors (Lipinski definition) is 0. The van der Waals surface area contributed by atoms with Crippen molar-refractivity contribution in [3.63, 3.8) is 0 Å². The fourth-order valence-corrected chi connectivity index (χ4v) is 1.69. The van der Waals surface area contributed by atoms with E-state index in [9.17, 15) is 9.59 Å². The van der Waals surface area contributed by atoms with Crippen LogP contribution in [0.5, 0.6) is 0 Å². The molecule has 1 amide bonds. The smallest absolute Gasteiger partial charge is 0.410 e. The number of likely N-dealkylation sites (tertiary alicyclic amines) is 1. The lowest BCUT2D eigenvalue weighted by Crippen LogP contribution is -2.36. The summed E-state index contributed by atoms with van der Waals surface area (Å²) in [5.41, 5.74) is -0.579. The molecule has 100 valence electrons. The van der Waals surface area contributed by atoms with Gasteiger partial charge in [-0.25, -0.2) is 11.4 Å². The number of amides is 1. The highest BCUT2D eigenvalue weighted by molar-refractivity contribution is 5.69. The number of nitrogens with zero attached hydrogens (tertiary/aromatic N) is 2. The van der Waals surface area contributed by atoms with Crippen LogP contribution in [-0.4, -0.2) is 47.8 Å². The number of esters is 1. The number of carbonyl (C=O) groups is 2. The molecule has 0 spiro atoms. The Balaban J connectivity index is 2.64. The lowest BCUT2D eigenvalue weighted by atomic mass is 10.2. The van der Waals surface area contributed by atoms with E-state index in [0.29, 0.717) is 0 Å². The first-order valence-electron chi connectivity index (χ1n) is 5.74. The van der Waals surface area contributed by atoms with Gasteiger partial charge in [0.25, 0.3) is 6.04 Å². The quantitative estimate of drug-likeness (QED) is 0.525. The molecule has 0 radical (unpaired) electrons. The third kappa shape index (κ3) is 3.91. The maximum Gasteiger partial charge on any atom is 0.410 e. The second-order valence-corrected chi connectivity index (χ2v) is 5.23. The third-order valence-electron chi connectivity index (χ3n) is 2.37. The first-order chi connectivity index (χ1) is 8.23. The monoisotopic (exact) mass is 254 g/mol. The molecule has 1 aliphatic rings. The molecule has 0 N–H and O–H groups in total. The summed E-state index contributed by atoms with van der Waals surface area (Å²) in [5.74, 6) is -0.445. The molecule has 1 saturated heterocycles. The topological polar surface area (TPSA) is 60.2 Å². The van der Waals surface area contributed by atoms with Gasteiger partial charge in [0, 0.05) is 6.92 Å². The van der Waals surface area contributed by atoms with Gasteiger partial charge in [-0.3, -0.25) is 9.69 Å². The van der Waals surface area contributed by atoms with Crippen LogP contribution in [0.3, 0.4) is 0 Å². The maximum absolute atomic E-state index is 11.8. The first-order valence-corrected chi connectivity index (χ1v) is 5.74. The van der Waals surface area contributed by atoms with Crippen molar-refractivity contribution in [2.24, 2.45) is 0 Å². The SMILES string of the molecule is [C-]#[N+][C@@H]1CN(C(=O)OC(C)(C)C)C[C@H]1OC(C)=O. The van der Waals surface area contributed by atoms with E-state index in [1.165, 1.54) is 11.8 Å². The van der Waals surface area contributed by atoms with Gasteiger partial charge in [-0.2, -0.15) is 0 Å². The fourth-order valence-electron chi connectivity index (χ4n) is 1.69. The van der Waals surface area contributed by atoms with Crippen molar-refractivity contribution in [3.8, 4) is 0 Å². The van der Waals surface area contributed by atoms with E-state index in [4.69, 9.17) is 16.0 Å². The maximum atomic E-state index is 11.8. The van der Waals surface area contributed by atoms with Crippen molar-refractivity contribution in [3.05, 3.63) is 11.4 Å². The molecular weight excluding hydrogens is 236 g/mol. The predicted octanol–water partition coefficient (Wildman–Crippen LogP) is 1.46. The highest BCUT2D eigenvalue weighted by atomic mass is 16.6. The van der Waals surface area contributed by atoms with Crippen LogP contribution in [0.15, 0.2) is 0 Å². The number of carbonyl (C=O) groups excluding carboxylic acids is 2. The second-order valence-electron chi connectivity index (χ2n) is 5.23. The van der Waals surface area contributed by atoms with Gasteiger partial charge in [-0.1, -0.05) is 0 Å². The Labute approximate surface area is 107 Å². The van der Waals surface area contributed by atoms with Crippen LogP contribution >= 0.6 is 0 Å². The molecule has 2 atom stereocenters. The molecule has 18 heavy (non-hydrogen) atoms. The third-order valence-corrected chi connectivity index (χ3v) is 2.37. The lowest BCUT2D eigenvalue weighted by Gasteiger charge is -2.23. The van der Waals surface area contributed by atoms with Crippen molar-refractivity contribution >= 4 is 12.1 Å². The molecular formula is C12H18N2O4. The summed E-state index contributed by atoms with van der Waals surface area (Å²) < 4.78 is 10.2. The predicted molar refractivity (Wildman–Crippen MR) is 63.8 cm³/mol. The van der Waals surface area contributed by atoms with E-state index in [1.54, 1.807) is 20.8 Å². The Bertz CT molecular complexity index is 381. The van der Waals surface area contributed by atoms with Crippen LogP contribution in [0.2, 0.25) is 0 Å². The molecule has 6 heteroatoms. The van der Waals surface area contributed by atoms with E-state index in [-0.39, 0.29) is 13.1 Å². The number of rotatable bonds is 1. The van der Waals surface area contributed by atoms with Gasteiger partial charge in [0.1, 0.15) is 12.1 Å². The van der Waals surface area contributed by atoms with E-state index in [0.717, 1.165) is 0 Å². The summed E-state index contributed by atoms with van der Waals surface area (Å²) in [4.78, 5) is 27.5. The molecule has 6 nitrogen and oxygen atoms in total. The fraction of sp³-hybridized carbons (Fsp3) is 0.750. The minimum Gasteiger partial charge on any atom is -0.452 e. The van der Waals surface area contributed by atoms with E-state index >= 15 is 0 Å². The summed E-state index contributed by atoms with van der Waals surface area (Å²) in [6.45, 7) is 14.1. The van der Waals surface area contributed by atoms with Crippen molar-refractivity contribution in [2.75, 3.05) is 13.1 Å². The van der Waals surface area contributed by atoms with Crippen LogP contribution in [-0.2, 0) is 14.3 Å². The van der Waals surface area contributed by atoms with Gasteiger partial charge in [0.2, 0.25) is 0 Å². The highest BCUT2D eigenvalue weighted by Crippen LogP contribution is 2.20. The van der Waals surface area contributed by atoms with E-state index < -0.39 is 29.8 Å². The standard InChI is InChI=1S/C12H18N2O4/c1-8(15)17-10-7-14(6-9(10)13-5)11(16)18-12(2,3)4/h9-10H,6-7H2,1-4H3/t9-,10-/m1/s1. The minimum atomic E-state index is -0.579. The van der Waals surface area contributed by atoms with Crippen LogP contribution in [0.25, 0.3) is 4.85 Å². The molecule has 0 bridgehead atoms. The molecule has 0 unspecified atom stereocenters. The molecule has 0 aliphatic carbocycles. The van der Waals surface area contributed by atoms with Gasteiger partial charge < -0.3 is 14.3 Å². The number of ether oxygens (including phenoxy) is 2. The van der Waals surface area contributed by atoms with Crippen LogP contribution in [0.4, 0.5) is 4.79 Å². The minimum absolute atomic E-state index is 0.210. The Kier molecular flexibility index (Phi) is 4.17. The van der Waals surface area contributed by atoms with Gasteiger partial charge in [0.05, 0.1) is 6.54 Å². The Morgan fingerprint density at radius 2 is 1.94 bits per heavy atom. The normalized spacial score (nSPS) is 23.4. The Morgan fingerprint density at radius 3 is 2.39 bits per heavy atom. The molecule has 0 saturated carbocycles. The summed E-state index contributed by atoms with van der Waals surface area (Å²) in [7, 11) is 0. The molecule has 0 aromatic carbocycles. The van der Waals surface area contributed by atoms with Crippen molar-refractivity contribution < 1.29 is 19.1 Å². The summed E-state index contributed by atoms with van der Waals surface area (Å²) in [6.07, 6.45) is -1.04. The summed E-state index contributed by atoms with van der Waals surface area (Å²) in [6, 6.07) is -0.513. The molecule has 0 aromatic heterocycles. The Morgan fingerprint density at radius 1 is 1.33 bits per heavy atom. The average molecular weight is 254 g/mol. The zero-order chi connectivity index (χ0) is 13.9. The van der Waals surface area contributed by atoms with E-state index in [2.05, 4.69) is 4.85 Å². The summed E-state index contributed by atoms with van der Waals surface area (Å²) >= 11 is 0. The van der Waals surface area contributed by atoms with Crippen molar-refractivity contribution in [1.29, 1.82) is 0 Å². The molecule has 1 aliphatic heterocycles. The second kappa shape index (κ2) is 5.25. The van der Waals surface area contributed by atoms with Gasteiger partial charge in [0.15, 0.2) is 6.10 Å². The molecule has 1 fully saturated rings. The molecule has 1 heterocycles. The van der Waals surface area contributed by atoms with Crippen LogP contribution in [0.1, 0.15) is 27.7 Å². The van der Waals surface area contributed by atoms with Crippen molar-refractivity contribution in [1.82, 2.24) is 4.90 Å². The largest absolute Gasteiger partial charge is 0.452 e. The van der Waals surface area contributed by atoms with E-state index in [1.807, 2.05) is 0 Å². The zero-order valence-electron chi connectivity index (χ0n) is 11.1. The van der Waals surface area contributed by atoms with Crippen LogP contribution < -0.4 is 0 Å². The first kappa shape index (κ1) is 14.3. The molecule has 0 aromatic rings. The highest BCUT2D eigenvalue weighted by Gasteiger charge is 2.43. The van der Waals surface area contributed by atoms with Crippen molar-refractivity contribution in [2.45, 2.75) is 45.4 Å². The van der Waals surface area contributed by atoms with Gasteiger partial charge >= 0.3 is 12.1 Å². The average Bonchev–Trinajstić information content (AvgIpc) is 2.57. The number of hydrogen-bond acceptors (Lipinski definition) is 4. The van der Waals surface area contributed by atoms with Gasteiger partial charge in [-0.15, -0.1) is 0 Å². The lowest BCUT2D eigenvalue weighted by molar-refractivity contribution is -0.145. The van der Waals surface area contributed by atoms with Crippen LogP contribution in [0, 0.1) is 6.57 Å².